The van der Waals surface area contributed by atoms with Gasteiger partial charge in [0.25, 0.3) is 5.91 Å². The maximum Gasteiger partial charge on any atom is 0.257 e. The maximum absolute atomic E-state index is 12.2. The number of carbonyl (C=O) groups excluding carboxylic acids is 1. The second-order valence-electron chi connectivity index (χ2n) is 5.64. The van der Waals surface area contributed by atoms with Crippen LogP contribution in [0.5, 0.6) is 0 Å². The molecule has 0 saturated carbocycles. The Morgan fingerprint density at radius 1 is 1.04 bits per heavy atom. The summed E-state index contributed by atoms with van der Waals surface area (Å²) >= 11 is 7.18. The van der Waals surface area contributed by atoms with E-state index in [0.29, 0.717) is 26.4 Å². The predicted octanol–water partition coefficient (Wildman–Crippen LogP) is 4.00. The average Bonchev–Trinajstić information content (AvgIpc) is 3.29. The monoisotopic (exact) mass is 396 g/mol. The Balaban J connectivity index is 1.57. The molecule has 9 heteroatoms. The molecule has 0 bridgehead atoms. The number of rotatable bonds is 4. The van der Waals surface area contributed by atoms with E-state index in [1.807, 2.05) is 25.1 Å². The summed E-state index contributed by atoms with van der Waals surface area (Å²) in [7, 11) is 0. The fraction of sp³-hybridized carbons (Fsp3) is 0.0556. The molecule has 0 radical (unpaired) electrons. The van der Waals surface area contributed by atoms with Crippen LogP contribution in [0.25, 0.3) is 16.4 Å². The van der Waals surface area contributed by atoms with Crippen molar-refractivity contribution < 1.29 is 4.79 Å². The van der Waals surface area contributed by atoms with E-state index in [1.54, 1.807) is 41.1 Å². The third-order valence-corrected chi connectivity index (χ3v) is 4.95. The van der Waals surface area contributed by atoms with E-state index >= 15 is 0 Å². The lowest BCUT2D eigenvalue weighted by molar-refractivity contribution is 0.102. The summed E-state index contributed by atoms with van der Waals surface area (Å²) in [6.07, 6.45) is 0. The number of carbonyl (C=O) groups is 1. The van der Waals surface area contributed by atoms with Crippen molar-refractivity contribution in [2.24, 2.45) is 0 Å². The first kappa shape index (κ1) is 17.3. The number of nitrogens with zero attached hydrogens (tertiary/aromatic N) is 5. The van der Waals surface area contributed by atoms with Crippen LogP contribution in [0, 0.1) is 6.92 Å². The van der Waals surface area contributed by atoms with Gasteiger partial charge in [-0.05, 0) is 43.3 Å². The zero-order valence-corrected chi connectivity index (χ0v) is 15.7. The van der Waals surface area contributed by atoms with Gasteiger partial charge < -0.3 is 0 Å². The average molecular weight is 397 g/mol. The number of hydrogen-bond acceptors (Lipinski definition) is 6. The molecule has 0 aliphatic rings. The second-order valence-corrected chi connectivity index (χ2v) is 7.06. The van der Waals surface area contributed by atoms with Crippen LogP contribution in [0.2, 0.25) is 5.02 Å². The molecule has 0 spiro atoms. The molecule has 134 valence electrons. The molecule has 0 atom stereocenters. The van der Waals surface area contributed by atoms with Gasteiger partial charge in [-0.15, -0.1) is 15.3 Å². The van der Waals surface area contributed by atoms with Crippen LogP contribution in [0.4, 0.5) is 5.13 Å². The summed E-state index contributed by atoms with van der Waals surface area (Å²) in [4.78, 5) is 12.2. The van der Waals surface area contributed by atoms with E-state index in [1.165, 1.54) is 11.3 Å². The van der Waals surface area contributed by atoms with Gasteiger partial charge in [-0.2, -0.15) is 0 Å². The summed E-state index contributed by atoms with van der Waals surface area (Å²) in [5, 5.41) is 20.9. The molecule has 2 aromatic heterocycles. The molecule has 1 N–H and O–H groups in total. The maximum atomic E-state index is 12.2. The van der Waals surface area contributed by atoms with Crippen molar-refractivity contribution >= 4 is 34.0 Å². The van der Waals surface area contributed by atoms with Gasteiger partial charge in [0.1, 0.15) is 5.69 Å². The molecule has 0 fully saturated rings. The SMILES string of the molecule is Cc1c(-c2nnc(NC(=O)c3ccccc3)s2)nnn1-c1ccc(Cl)cc1. The fourth-order valence-electron chi connectivity index (χ4n) is 2.48. The van der Waals surface area contributed by atoms with Crippen molar-refractivity contribution in [2.75, 3.05) is 5.32 Å². The molecule has 27 heavy (non-hydrogen) atoms. The third-order valence-electron chi connectivity index (χ3n) is 3.85. The Labute approximate surface area is 163 Å². The lowest BCUT2D eigenvalue weighted by Crippen LogP contribution is -2.11. The molecule has 0 saturated heterocycles. The van der Waals surface area contributed by atoms with Crippen LogP contribution < -0.4 is 5.32 Å². The Morgan fingerprint density at radius 2 is 1.78 bits per heavy atom. The lowest BCUT2D eigenvalue weighted by atomic mass is 10.2. The normalized spacial score (nSPS) is 10.7. The smallest absolute Gasteiger partial charge is 0.257 e. The first-order valence-electron chi connectivity index (χ1n) is 8.00. The molecule has 0 unspecified atom stereocenters. The van der Waals surface area contributed by atoms with Gasteiger partial charge >= 0.3 is 0 Å². The molecule has 0 aliphatic heterocycles. The van der Waals surface area contributed by atoms with Crippen LogP contribution in [0.3, 0.4) is 0 Å². The zero-order chi connectivity index (χ0) is 18.8. The number of halogens is 1. The number of hydrogen-bond donors (Lipinski definition) is 1. The van der Waals surface area contributed by atoms with Crippen molar-refractivity contribution in [3.05, 3.63) is 70.9 Å². The first-order chi connectivity index (χ1) is 13.1. The summed E-state index contributed by atoms with van der Waals surface area (Å²) in [6.45, 7) is 1.90. The van der Waals surface area contributed by atoms with E-state index in [9.17, 15) is 4.79 Å². The number of anilines is 1. The molecule has 2 aromatic carbocycles. The van der Waals surface area contributed by atoms with Gasteiger partial charge in [0.2, 0.25) is 5.13 Å². The number of aromatic nitrogens is 5. The fourth-order valence-corrected chi connectivity index (χ4v) is 3.38. The minimum atomic E-state index is -0.236. The Hall–Kier alpha value is -3.10. The quantitative estimate of drug-likeness (QED) is 0.563. The Morgan fingerprint density at radius 3 is 2.52 bits per heavy atom. The van der Waals surface area contributed by atoms with Gasteiger partial charge in [-0.1, -0.05) is 46.4 Å². The summed E-state index contributed by atoms with van der Waals surface area (Å²) in [5.41, 5.74) is 2.83. The van der Waals surface area contributed by atoms with Crippen LogP contribution >= 0.6 is 22.9 Å². The summed E-state index contributed by atoms with van der Waals surface area (Å²) < 4.78 is 1.70. The molecule has 2 heterocycles. The first-order valence-corrected chi connectivity index (χ1v) is 9.20. The molecular formula is C18H13ClN6OS. The highest BCUT2D eigenvalue weighted by molar-refractivity contribution is 7.18. The van der Waals surface area contributed by atoms with Crippen molar-refractivity contribution in [3.63, 3.8) is 0 Å². The van der Waals surface area contributed by atoms with Crippen LogP contribution in [0.1, 0.15) is 16.1 Å². The predicted molar refractivity (Wildman–Crippen MR) is 104 cm³/mol. The molecule has 7 nitrogen and oxygen atoms in total. The van der Waals surface area contributed by atoms with Crippen LogP contribution in [-0.2, 0) is 0 Å². The zero-order valence-electron chi connectivity index (χ0n) is 14.1. The Kier molecular flexibility index (Phi) is 4.66. The molecule has 1 amide bonds. The number of benzene rings is 2. The van der Waals surface area contributed by atoms with Crippen molar-refractivity contribution in [1.82, 2.24) is 25.2 Å². The van der Waals surface area contributed by atoms with Crippen LogP contribution in [0.15, 0.2) is 54.6 Å². The van der Waals surface area contributed by atoms with Crippen molar-refractivity contribution in [3.8, 4) is 16.4 Å². The van der Waals surface area contributed by atoms with E-state index in [2.05, 4.69) is 25.8 Å². The van der Waals surface area contributed by atoms with E-state index in [0.717, 1.165) is 11.4 Å². The highest BCUT2D eigenvalue weighted by Gasteiger charge is 2.17. The molecule has 4 aromatic rings. The van der Waals surface area contributed by atoms with E-state index in [4.69, 9.17) is 11.6 Å². The van der Waals surface area contributed by atoms with Gasteiger partial charge in [0.15, 0.2) is 5.01 Å². The van der Waals surface area contributed by atoms with Gasteiger partial charge in [0, 0.05) is 10.6 Å². The van der Waals surface area contributed by atoms with Gasteiger partial charge in [-0.25, -0.2) is 4.68 Å². The lowest BCUT2D eigenvalue weighted by Gasteiger charge is -2.02. The molecular weight excluding hydrogens is 384 g/mol. The van der Waals surface area contributed by atoms with Gasteiger partial charge in [0.05, 0.1) is 11.4 Å². The minimum Gasteiger partial charge on any atom is -0.296 e. The van der Waals surface area contributed by atoms with Crippen molar-refractivity contribution in [2.45, 2.75) is 6.92 Å². The topological polar surface area (TPSA) is 85.6 Å². The van der Waals surface area contributed by atoms with E-state index in [-0.39, 0.29) is 5.91 Å². The summed E-state index contributed by atoms with van der Waals surface area (Å²) in [5.74, 6) is -0.236. The number of nitrogens with one attached hydrogen (secondary N) is 1. The van der Waals surface area contributed by atoms with Gasteiger partial charge in [-0.3, -0.25) is 10.1 Å². The minimum absolute atomic E-state index is 0.236. The van der Waals surface area contributed by atoms with E-state index < -0.39 is 0 Å². The standard InChI is InChI=1S/C18H13ClN6OS/c1-11-15(21-24-25(11)14-9-7-13(19)8-10-14)17-22-23-18(27-17)20-16(26)12-5-3-2-4-6-12/h2-10H,1H3,(H,20,23,26). The second kappa shape index (κ2) is 7.26. The highest BCUT2D eigenvalue weighted by atomic mass is 35.5. The summed E-state index contributed by atoms with van der Waals surface area (Å²) in [6, 6.07) is 16.2. The largest absolute Gasteiger partial charge is 0.296 e. The molecule has 0 aliphatic carbocycles. The highest BCUT2D eigenvalue weighted by Crippen LogP contribution is 2.28. The molecule has 4 rings (SSSR count). The van der Waals surface area contributed by atoms with Crippen molar-refractivity contribution in [1.29, 1.82) is 0 Å². The van der Waals surface area contributed by atoms with Crippen LogP contribution in [-0.4, -0.2) is 31.1 Å². The Bertz CT molecular complexity index is 1090. The number of amides is 1. The third kappa shape index (κ3) is 3.57.